The lowest BCUT2D eigenvalue weighted by molar-refractivity contribution is 0.0697. The average molecular weight is 350 g/mol. The molecule has 0 saturated carbocycles. The van der Waals surface area contributed by atoms with Crippen LogP contribution >= 0.6 is 0 Å². The lowest BCUT2D eigenvalue weighted by Crippen LogP contribution is -2.46. The van der Waals surface area contributed by atoms with Gasteiger partial charge in [-0.05, 0) is 52.8 Å². The quantitative estimate of drug-likeness (QED) is 0.781. The van der Waals surface area contributed by atoms with E-state index >= 15 is 0 Å². The molecule has 0 aliphatic carbocycles. The molecular formula is C19H30N2O4. The SMILES string of the molecule is CCOc1cc(C(=O)N2CCCC(NC)C2)cc(OCC)c1OCC. The second-order valence-electron chi connectivity index (χ2n) is 5.98. The molecule has 1 aromatic rings. The van der Waals surface area contributed by atoms with Crippen molar-refractivity contribution in [2.24, 2.45) is 0 Å². The Labute approximate surface area is 150 Å². The standard InChI is InChI=1S/C19H30N2O4/c1-5-23-16-11-14(12-17(24-6-2)18(16)25-7-3)19(22)21-10-8-9-15(13-21)20-4/h11-12,15,20H,5-10,13H2,1-4H3. The number of nitrogens with one attached hydrogen (secondary N) is 1. The van der Waals surface area contributed by atoms with Crippen LogP contribution in [0.15, 0.2) is 12.1 Å². The predicted octanol–water partition coefficient (Wildman–Crippen LogP) is 2.71. The number of likely N-dealkylation sites (tertiary alicyclic amines) is 1. The molecule has 2 rings (SSSR count). The summed E-state index contributed by atoms with van der Waals surface area (Å²) in [6.07, 6.45) is 2.10. The van der Waals surface area contributed by atoms with Gasteiger partial charge in [0.15, 0.2) is 11.5 Å². The van der Waals surface area contributed by atoms with E-state index in [2.05, 4.69) is 5.32 Å². The number of piperidine rings is 1. The molecule has 1 fully saturated rings. The zero-order valence-corrected chi connectivity index (χ0v) is 15.8. The van der Waals surface area contributed by atoms with Crippen molar-refractivity contribution in [3.63, 3.8) is 0 Å². The molecule has 1 amide bonds. The molecule has 1 aliphatic heterocycles. The third-order valence-corrected chi connectivity index (χ3v) is 4.27. The molecule has 1 saturated heterocycles. The molecule has 1 atom stereocenters. The number of hydrogen-bond donors (Lipinski definition) is 1. The molecule has 1 unspecified atom stereocenters. The second kappa shape index (κ2) is 9.51. The van der Waals surface area contributed by atoms with Gasteiger partial charge in [0.05, 0.1) is 19.8 Å². The van der Waals surface area contributed by atoms with Crippen LogP contribution in [0.4, 0.5) is 0 Å². The Kier molecular flexibility index (Phi) is 7.37. The fourth-order valence-corrected chi connectivity index (χ4v) is 3.09. The fourth-order valence-electron chi connectivity index (χ4n) is 3.09. The first-order chi connectivity index (χ1) is 12.1. The van der Waals surface area contributed by atoms with Crippen molar-refractivity contribution in [1.29, 1.82) is 0 Å². The molecule has 0 aromatic heterocycles. The summed E-state index contributed by atoms with van der Waals surface area (Å²) in [6, 6.07) is 3.88. The summed E-state index contributed by atoms with van der Waals surface area (Å²) in [5.74, 6) is 1.68. The van der Waals surface area contributed by atoms with E-state index in [9.17, 15) is 4.79 Å². The smallest absolute Gasteiger partial charge is 0.254 e. The maximum Gasteiger partial charge on any atom is 0.254 e. The summed E-state index contributed by atoms with van der Waals surface area (Å²) in [7, 11) is 1.94. The Bertz CT molecular complexity index is 550. The Morgan fingerprint density at radius 1 is 1.12 bits per heavy atom. The summed E-state index contributed by atoms with van der Waals surface area (Å²) >= 11 is 0. The van der Waals surface area contributed by atoms with E-state index in [1.165, 1.54) is 0 Å². The van der Waals surface area contributed by atoms with Crippen LogP contribution in [0.25, 0.3) is 0 Å². The topological polar surface area (TPSA) is 60.0 Å². The van der Waals surface area contributed by atoms with E-state index in [0.29, 0.717) is 48.7 Å². The summed E-state index contributed by atoms with van der Waals surface area (Å²) in [5.41, 5.74) is 0.576. The van der Waals surface area contributed by atoms with Gasteiger partial charge in [0, 0.05) is 24.7 Å². The summed E-state index contributed by atoms with van der Waals surface area (Å²) < 4.78 is 17.1. The number of carbonyl (C=O) groups excluding carboxylic acids is 1. The molecule has 0 bridgehead atoms. The van der Waals surface area contributed by atoms with Crippen molar-refractivity contribution >= 4 is 5.91 Å². The number of likely N-dealkylation sites (N-methyl/N-ethyl adjacent to an activating group) is 1. The number of ether oxygens (including phenoxy) is 3. The molecular weight excluding hydrogens is 320 g/mol. The van der Waals surface area contributed by atoms with E-state index in [-0.39, 0.29) is 5.91 Å². The minimum atomic E-state index is 0.00454. The van der Waals surface area contributed by atoms with Gasteiger partial charge >= 0.3 is 0 Å². The lowest BCUT2D eigenvalue weighted by Gasteiger charge is -2.32. The molecule has 140 valence electrons. The monoisotopic (exact) mass is 350 g/mol. The zero-order chi connectivity index (χ0) is 18.2. The highest BCUT2D eigenvalue weighted by atomic mass is 16.5. The summed E-state index contributed by atoms with van der Waals surface area (Å²) in [5, 5.41) is 3.27. The maximum atomic E-state index is 13.0. The molecule has 1 N–H and O–H groups in total. The first-order valence-electron chi connectivity index (χ1n) is 9.17. The largest absolute Gasteiger partial charge is 0.490 e. The van der Waals surface area contributed by atoms with Gasteiger partial charge in [-0.25, -0.2) is 0 Å². The van der Waals surface area contributed by atoms with Crippen LogP contribution in [0, 0.1) is 0 Å². The molecule has 0 spiro atoms. The van der Waals surface area contributed by atoms with Crippen molar-refractivity contribution in [1.82, 2.24) is 10.2 Å². The van der Waals surface area contributed by atoms with E-state index in [1.54, 1.807) is 12.1 Å². The molecule has 6 nitrogen and oxygen atoms in total. The Morgan fingerprint density at radius 2 is 1.72 bits per heavy atom. The second-order valence-corrected chi connectivity index (χ2v) is 5.98. The molecule has 1 aromatic carbocycles. The minimum Gasteiger partial charge on any atom is -0.490 e. The Morgan fingerprint density at radius 3 is 2.24 bits per heavy atom. The van der Waals surface area contributed by atoms with Crippen LogP contribution in [-0.2, 0) is 0 Å². The molecule has 1 heterocycles. The highest BCUT2D eigenvalue weighted by Gasteiger charge is 2.26. The van der Waals surface area contributed by atoms with Crippen molar-refractivity contribution in [3.8, 4) is 17.2 Å². The number of rotatable bonds is 8. The molecule has 0 radical (unpaired) electrons. The third-order valence-electron chi connectivity index (χ3n) is 4.27. The highest BCUT2D eigenvalue weighted by Crippen LogP contribution is 2.39. The van der Waals surface area contributed by atoms with Crippen LogP contribution in [0.1, 0.15) is 44.0 Å². The van der Waals surface area contributed by atoms with Crippen LogP contribution < -0.4 is 19.5 Å². The number of nitrogens with zero attached hydrogens (tertiary/aromatic N) is 1. The molecule has 1 aliphatic rings. The van der Waals surface area contributed by atoms with Crippen molar-refractivity contribution in [2.75, 3.05) is 40.0 Å². The van der Waals surface area contributed by atoms with Crippen LogP contribution in [0.2, 0.25) is 0 Å². The first kappa shape index (κ1) is 19.4. The molecule has 25 heavy (non-hydrogen) atoms. The number of benzene rings is 1. The van der Waals surface area contributed by atoms with Crippen molar-refractivity contribution in [2.45, 2.75) is 39.7 Å². The van der Waals surface area contributed by atoms with Gasteiger partial charge in [0.1, 0.15) is 0 Å². The van der Waals surface area contributed by atoms with Gasteiger partial charge in [0.25, 0.3) is 5.91 Å². The minimum absolute atomic E-state index is 0.00454. The number of hydrogen-bond acceptors (Lipinski definition) is 5. The Hall–Kier alpha value is -1.95. The van der Waals surface area contributed by atoms with Gasteiger partial charge in [-0.15, -0.1) is 0 Å². The Balaban J connectivity index is 2.33. The van der Waals surface area contributed by atoms with Gasteiger partial charge in [-0.3, -0.25) is 4.79 Å². The van der Waals surface area contributed by atoms with Crippen molar-refractivity contribution < 1.29 is 19.0 Å². The van der Waals surface area contributed by atoms with Crippen LogP contribution in [-0.4, -0.2) is 56.8 Å². The normalized spacial score (nSPS) is 17.3. The highest BCUT2D eigenvalue weighted by molar-refractivity contribution is 5.95. The fraction of sp³-hybridized carbons (Fsp3) is 0.632. The predicted molar refractivity (Wildman–Crippen MR) is 97.9 cm³/mol. The average Bonchev–Trinajstić information content (AvgIpc) is 2.64. The lowest BCUT2D eigenvalue weighted by atomic mass is 10.0. The van der Waals surface area contributed by atoms with Gasteiger partial charge in [-0.2, -0.15) is 0 Å². The van der Waals surface area contributed by atoms with E-state index in [4.69, 9.17) is 14.2 Å². The summed E-state index contributed by atoms with van der Waals surface area (Å²) in [6.45, 7) is 8.72. The van der Waals surface area contributed by atoms with Gasteiger partial charge < -0.3 is 24.4 Å². The van der Waals surface area contributed by atoms with E-state index in [0.717, 1.165) is 25.9 Å². The molecule has 6 heteroatoms. The van der Waals surface area contributed by atoms with Gasteiger partial charge in [-0.1, -0.05) is 0 Å². The van der Waals surface area contributed by atoms with Gasteiger partial charge in [0.2, 0.25) is 5.75 Å². The van der Waals surface area contributed by atoms with Crippen molar-refractivity contribution in [3.05, 3.63) is 17.7 Å². The first-order valence-corrected chi connectivity index (χ1v) is 9.17. The maximum absolute atomic E-state index is 13.0. The number of carbonyl (C=O) groups is 1. The zero-order valence-electron chi connectivity index (χ0n) is 15.8. The third kappa shape index (κ3) is 4.78. The van der Waals surface area contributed by atoms with Crippen LogP contribution in [0.3, 0.4) is 0 Å². The summed E-state index contributed by atoms with van der Waals surface area (Å²) in [4.78, 5) is 14.9. The van der Waals surface area contributed by atoms with E-state index < -0.39 is 0 Å². The van der Waals surface area contributed by atoms with Crippen LogP contribution in [0.5, 0.6) is 17.2 Å². The number of amides is 1. The van der Waals surface area contributed by atoms with E-state index in [1.807, 2.05) is 32.7 Å².